The molecule has 1 aromatic rings. The molecule has 1 aromatic carbocycles. The molecule has 2 amide bonds. The van der Waals surface area contributed by atoms with E-state index in [1.54, 1.807) is 11.9 Å². The Morgan fingerprint density at radius 2 is 1.83 bits per heavy atom. The number of hydrogen-bond donors (Lipinski definition) is 1. The van der Waals surface area contributed by atoms with Crippen molar-refractivity contribution in [2.24, 2.45) is 0 Å². The van der Waals surface area contributed by atoms with Crippen molar-refractivity contribution in [2.75, 3.05) is 39.8 Å². The molecule has 0 radical (unpaired) electrons. The number of halogens is 3. The van der Waals surface area contributed by atoms with Gasteiger partial charge < -0.3 is 15.1 Å². The Hall–Kier alpha value is -1.37. The largest absolute Gasteiger partial charge is 0.339 e. The summed E-state index contributed by atoms with van der Waals surface area (Å²) in [7, 11) is 1.79. The van der Waals surface area contributed by atoms with Crippen LogP contribution in [0.3, 0.4) is 0 Å². The predicted octanol–water partition coefficient (Wildman–Crippen LogP) is 1.79. The predicted molar refractivity (Wildman–Crippen MR) is 89.7 cm³/mol. The van der Waals surface area contributed by atoms with Crippen LogP contribution in [0.25, 0.3) is 0 Å². The zero-order chi connectivity index (χ0) is 16.1. The van der Waals surface area contributed by atoms with E-state index in [-0.39, 0.29) is 28.9 Å². The standard InChI is InChI=1S/C15H19ClFN3O2.ClH/c1-18-6-5-13(21)19-7-9-20(10-8-19)15(22)14-11(16)3-2-4-12(14)17;/h2-4,18H,5-10H2,1H3;1H. The van der Waals surface area contributed by atoms with Crippen molar-refractivity contribution in [1.82, 2.24) is 15.1 Å². The number of piperazine rings is 1. The summed E-state index contributed by atoms with van der Waals surface area (Å²) in [5.74, 6) is -0.985. The second-order valence-electron chi connectivity index (χ2n) is 5.12. The number of carbonyl (C=O) groups is 2. The topological polar surface area (TPSA) is 52.7 Å². The smallest absolute Gasteiger partial charge is 0.258 e. The summed E-state index contributed by atoms with van der Waals surface area (Å²) in [6.07, 6.45) is 0.434. The first-order chi connectivity index (χ1) is 10.5. The van der Waals surface area contributed by atoms with Gasteiger partial charge in [0, 0.05) is 39.1 Å². The van der Waals surface area contributed by atoms with Gasteiger partial charge in [-0.1, -0.05) is 17.7 Å². The molecule has 0 unspecified atom stereocenters. The van der Waals surface area contributed by atoms with Crippen molar-refractivity contribution in [2.45, 2.75) is 6.42 Å². The number of amides is 2. The maximum atomic E-state index is 13.8. The second kappa shape index (κ2) is 9.05. The van der Waals surface area contributed by atoms with Gasteiger partial charge in [-0.3, -0.25) is 9.59 Å². The lowest BCUT2D eigenvalue weighted by Crippen LogP contribution is -2.51. The second-order valence-corrected chi connectivity index (χ2v) is 5.53. The molecule has 128 valence electrons. The van der Waals surface area contributed by atoms with Crippen molar-refractivity contribution in [1.29, 1.82) is 0 Å². The molecule has 1 aliphatic heterocycles. The van der Waals surface area contributed by atoms with Gasteiger partial charge in [0.05, 0.1) is 10.6 Å². The normalized spacial score (nSPS) is 14.4. The fraction of sp³-hybridized carbons (Fsp3) is 0.467. The number of nitrogens with one attached hydrogen (secondary N) is 1. The number of hydrogen-bond acceptors (Lipinski definition) is 3. The van der Waals surface area contributed by atoms with Crippen LogP contribution in [0.15, 0.2) is 18.2 Å². The van der Waals surface area contributed by atoms with E-state index in [4.69, 9.17) is 11.6 Å². The van der Waals surface area contributed by atoms with E-state index >= 15 is 0 Å². The highest BCUT2D eigenvalue weighted by Gasteiger charge is 2.27. The summed E-state index contributed by atoms with van der Waals surface area (Å²) in [5, 5.41) is 3.04. The summed E-state index contributed by atoms with van der Waals surface area (Å²) in [6, 6.07) is 4.18. The monoisotopic (exact) mass is 363 g/mol. The molecule has 1 saturated heterocycles. The average molecular weight is 364 g/mol. The first-order valence-corrected chi connectivity index (χ1v) is 7.58. The number of benzene rings is 1. The third-order valence-corrected chi connectivity index (χ3v) is 4.00. The van der Waals surface area contributed by atoms with Gasteiger partial charge in [-0.05, 0) is 19.2 Å². The lowest BCUT2D eigenvalue weighted by atomic mass is 10.1. The van der Waals surface area contributed by atoms with E-state index in [1.165, 1.54) is 23.1 Å². The highest BCUT2D eigenvalue weighted by atomic mass is 35.5. The highest BCUT2D eigenvalue weighted by molar-refractivity contribution is 6.33. The van der Waals surface area contributed by atoms with Crippen LogP contribution in [-0.4, -0.2) is 61.4 Å². The molecule has 5 nitrogen and oxygen atoms in total. The Kier molecular flexibility index (Phi) is 7.75. The Bertz CT molecular complexity index is 543. The molecule has 1 aliphatic rings. The Balaban J connectivity index is 0.00000264. The molecule has 0 saturated carbocycles. The van der Waals surface area contributed by atoms with Gasteiger partial charge in [-0.15, -0.1) is 12.4 Å². The van der Waals surface area contributed by atoms with E-state index in [9.17, 15) is 14.0 Å². The van der Waals surface area contributed by atoms with Crippen molar-refractivity contribution in [3.05, 3.63) is 34.6 Å². The van der Waals surface area contributed by atoms with Crippen LogP contribution in [0.2, 0.25) is 5.02 Å². The molecule has 2 rings (SSSR count). The van der Waals surface area contributed by atoms with Crippen LogP contribution in [0.4, 0.5) is 4.39 Å². The first-order valence-electron chi connectivity index (χ1n) is 7.20. The summed E-state index contributed by atoms with van der Waals surface area (Å²) < 4.78 is 13.8. The Labute approximate surface area is 146 Å². The molecule has 0 aliphatic carbocycles. The van der Waals surface area contributed by atoms with Crippen molar-refractivity contribution < 1.29 is 14.0 Å². The zero-order valence-corrected chi connectivity index (χ0v) is 14.4. The van der Waals surface area contributed by atoms with Crippen molar-refractivity contribution in [3.63, 3.8) is 0 Å². The maximum absolute atomic E-state index is 13.8. The first kappa shape index (κ1) is 19.7. The van der Waals surface area contributed by atoms with Gasteiger partial charge >= 0.3 is 0 Å². The minimum atomic E-state index is -0.620. The summed E-state index contributed by atoms with van der Waals surface area (Å²) in [4.78, 5) is 27.6. The third-order valence-electron chi connectivity index (χ3n) is 3.69. The van der Waals surface area contributed by atoms with Crippen LogP contribution in [0.1, 0.15) is 16.8 Å². The van der Waals surface area contributed by atoms with Crippen LogP contribution >= 0.6 is 24.0 Å². The van der Waals surface area contributed by atoms with Crippen molar-refractivity contribution in [3.8, 4) is 0 Å². The molecule has 0 bridgehead atoms. The van der Waals surface area contributed by atoms with Gasteiger partial charge in [0.15, 0.2) is 0 Å². The molecule has 1 heterocycles. The zero-order valence-electron chi connectivity index (χ0n) is 12.8. The quantitative estimate of drug-likeness (QED) is 0.887. The molecule has 0 atom stereocenters. The van der Waals surface area contributed by atoms with Gasteiger partial charge in [-0.2, -0.15) is 0 Å². The minimum Gasteiger partial charge on any atom is -0.339 e. The third kappa shape index (κ3) is 4.80. The van der Waals surface area contributed by atoms with Gasteiger partial charge in [0.25, 0.3) is 5.91 Å². The van der Waals surface area contributed by atoms with Crippen LogP contribution in [0, 0.1) is 5.82 Å². The molecule has 1 N–H and O–H groups in total. The van der Waals surface area contributed by atoms with E-state index in [2.05, 4.69) is 5.32 Å². The molecule has 23 heavy (non-hydrogen) atoms. The maximum Gasteiger partial charge on any atom is 0.258 e. The molecular weight excluding hydrogens is 344 g/mol. The highest BCUT2D eigenvalue weighted by Crippen LogP contribution is 2.21. The fourth-order valence-electron chi connectivity index (χ4n) is 2.41. The SMILES string of the molecule is CNCCC(=O)N1CCN(C(=O)c2c(F)cccc2Cl)CC1.Cl. The Morgan fingerprint density at radius 3 is 2.39 bits per heavy atom. The molecular formula is C15H20Cl2FN3O2. The van der Waals surface area contributed by atoms with Crippen LogP contribution in [0.5, 0.6) is 0 Å². The van der Waals surface area contributed by atoms with E-state index < -0.39 is 11.7 Å². The van der Waals surface area contributed by atoms with Gasteiger partial charge in [0.1, 0.15) is 5.82 Å². The number of nitrogens with zero attached hydrogens (tertiary/aromatic N) is 2. The summed E-state index contributed by atoms with van der Waals surface area (Å²) >= 11 is 5.92. The van der Waals surface area contributed by atoms with Gasteiger partial charge in [0.2, 0.25) is 5.91 Å². The minimum absolute atomic E-state index is 0. The van der Waals surface area contributed by atoms with E-state index in [0.29, 0.717) is 39.1 Å². The molecule has 8 heteroatoms. The van der Waals surface area contributed by atoms with Crippen LogP contribution < -0.4 is 5.32 Å². The van der Waals surface area contributed by atoms with E-state index in [0.717, 1.165) is 0 Å². The number of rotatable bonds is 4. The fourth-order valence-corrected chi connectivity index (χ4v) is 2.65. The Morgan fingerprint density at radius 1 is 1.22 bits per heavy atom. The lowest BCUT2D eigenvalue weighted by Gasteiger charge is -2.35. The van der Waals surface area contributed by atoms with E-state index in [1.807, 2.05) is 0 Å². The molecule has 0 aromatic heterocycles. The van der Waals surface area contributed by atoms with Gasteiger partial charge in [-0.25, -0.2) is 4.39 Å². The number of carbonyl (C=O) groups excluding carboxylic acids is 2. The lowest BCUT2D eigenvalue weighted by molar-refractivity contribution is -0.132. The molecule has 0 spiro atoms. The summed E-state index contributed by atoms with van der Waals surface area (Å²) in [6.45, 7) is 2.31. The molecule has 1 fully saturated rings. The summed E-state index contributed by atoms with van der Waals surface area (Å²) in [5.41, 5.74) is -0.0980. The average Bonchev–Trinajstić information content (AvgIpc) is 2.52. The van der Waals surface area contributed by atoms with Crippen LogP contribution in [-0.2, 0) is 4.79 Å². The van der Waals surface area contributed by atoms with Crippen molar-refractivity contribution >= 4 is 35.8 Å².